The predicted molar refractivity (Wildman–Crippen MR) is 57.1 cm³/mol. The third-order valence-electron chi connectivity index (χ3n) is 2.08. The molecule has 3 nitrogen and oxygen atoms in total. The molecule has 0 saturated heterocycles. The van der Waals surface area contributed by atoms with E-state index in [9.17, 15) is 18.0 Å². The van der Waals surface area contributed by atoms with E-state index >= 15 is 0 Å². The van der Waals surface area contributed by atoms with Gasteiger partial charge in [-0.05, 0) is 24.5 Å². The molecule has 1 heterocycles. The van der Waals surface area contributed by atoms with Crippen LogP contribution in [0.25, 0.3) is 10.9 Å². The first-order valence-corrected chi connectivity index (χ1v) is 5.70. The second kappa shape index (κ2) is 4.06. The SMILES string of the molecule is CSc1ccc2nc(C(F)(F)F)oc(=O)c2c1. The Bertz CT molecular complexity index is 621. The summed E-state index contributed by atoms with van der Waals surface area (Å²) in [6.45, 7) is 0. The largest absolute Gasteiger partial charge is 0.469 e. The van der Waals surface area contributed by atoms with E-state index in [0.717, 1.165) is 4.90 Å². The zero-order chi connectivity index (χ0) is 12.6. The van der Waals surface area contributed by atoms with Gasteiger partial charge in [-0.2, -0.15) is 13.2 Å². The lowest BCUT2D eigenvalue weighted by Gasteiger charge is -2.05. The summed E-state index contributed by atoms with van der Waals surface area (Å²) in [4.78, 5) is 15.4. The second-order valence-corrected chi connectivity index (χ2v) is 4.07. The Balaban J connectivity index is 2.73. The zero-order valence-corrected chi connectivity index (χ0v) is 9.35. The molecule has 1 aromatic heterocycles. The van der Waals surface area contributed by atoms with Gasteiger partial charge >= 0.3 is 17.7 Å². The van der Waals surface area contributed by atoms with Crippen LogP contribution in [0.2, 0.25) is 0 Å². The van der Waals surface area contributed by atoms with Gasteiger partial charge in [0.25, 0.3) is 0 Å². The first kappa shape index (κ1) is 12.0. The minimum Gasteiger partial charge on any atom is -0.398 e. The summed E-state index contributed by atoms with van der Waals surface area (Å²) in [7, 11) is 0. The summed E-state index contributed by atoms with van der Waals surface area (Å²) in [5.41, 5.74) is -1.05. The van der Waals surface area contributed by atoms with Crippen LogP contribution in [0.15, 0.2) is 32.3 Å². The van der Waals surface area contributed by atoms with Crippen LogP contribution in [0.3, 0.4) is 0 Å². The van der Waals surface area contributed by atoms with Gasteiger partial charge in [-0.25, -0.2) is 9.78 Å². The Hall–Kier alpha value is -1.50. The smallest absolute Gasteiger partial charge is 0.398 e. The average molecular weight is 261 g/mol. The highest BCUT2D eigenvalue weighted by molar-refractivity contribution is 7.98. The molecule has 0 aliphatic rings. The molecule has 17 heavy (non-hydrogen) atoms. The number of aromatic nitrogens is 1. The summed E-state index contributed by atoms with van der Waals surface area (Å²) in [6, 6.07) is 4.42. The molecule has 0 aliphatic carbocycles. The van der Waals surface area contributed by atoms with Crippen molar-refractivity contribution >= 4 is 22.7 Å². The van der Waals surface area contributed by atoms with Crippen molar-refractivity contribution in [3.8, 4) is 0 Å². The van der Waals surface area contributed by atoms with Gasteiger partial charge in [0.15, 0.2) is 0 Å². The Morgan fingerprint density at radius 2 is 2.06 bits per heavy atom. The third kappa shape index (κ3) is 2.28. The quantitative estimate of drug-likeness (QED) is 0.740. The van der Waals surface area contributed by atoms with Gasteiger partial charge in [-0.1, -0.05) is 0 Å². The monoisotopic (exact) mass is 261 g/mol. The van der Waals surface area contributed by atoms with Crippen LogP contribution in [0.5, 0.6) is 0 Å². The van der Waals surface area contributed by atoms with Crippen LogP contribution in [0.4, 0.5) is 13.2 Å². The molecule has 7 heteroatoms. The minimum atomic E-state index is -4.76. The van der Waals surface area contributed by atoms with Crippen molar-refractivity contribution in [2.24, 2.45) is 0 Å². The maximum atomic E-state index is 12.3. The van der Waals surface area contributed by atoms with E-state index in [1.54, 1.807) is 12.3 Å². The normalized spacial score (nSPS) is 12.0. The Labute approximate surface area is 97.6 Å². The maximum absolute atomic E-state index is 12.3. The molecule has 0 spiro atoms. The first-order valence-electron chi connectivity index (χ1n) is 4.48. The van der Waals surface area contributed by atoms with E-state index in [1.165, 1.54) is 23.9 Å². The minimum absolute atomic E-state index is 0.0219. The van der Waals surface area contributed by atoms with Crippen molar-refractivity contribution < 1.29 is 17.6 Å². The maximum Gasteiger partial charge on any atom is 0.469 e. The molecule has 0 saturated carbocycles. The highest BCUT2D eigenvalue weighted by Crippen LogP contribution is 2.28. The Kier molecular flexibility index (Phi) is 2.86. The number of hydrogen-bond donors (Lipinski definition) is 0. The van der Waals surface area contributed by atoms with Crippen LogP contribution in [-0.4, -0.2) is 11.2 Å². The fourth-order valence-electron chi connectivity index (χ4n) is 1.30. The first-order chi connectivity index (χ1) is 7.91. The van der Waals surface area contributed by atoms with E-state index in [0.29, 0.717) is 0 Å². The van der Waals surface area contributed by atoms with Gasteiger partial charge in [0, 0.05) is 4.90 Å². The van der Waals surface area contributed by atoms with Gasteiger partial charge in [-0.3, -0.25) is 0 Å². The molecule has 0 bridgehead atoms. The van der Waals surface area contributed by atoms with Crippen molar-refractivity contribution in [2.45, 2.75) is 11.1 Å². The fraction of sp³-hybridized carbons (Fsp3) is 0.200. The molecule has 2 aromatic rings. The average Bonchev–Trinajstić information content (AvgIpc) is 2.27. The van der Waals surface area contributed by atoms with Crippen LogP contribution < -0.4 is 5.63 Å². The van der Waals surface area contributed by atoms with E-state index in [2.05, 4.69) is 9.40 Å². The predicted octanol–water partition coefficient (Wildman–Crippen LogP) is 2.93. The molecule has 90 valence electrons. The standard InChI is InChI=1S/C10H6F3NO2S/c1-17-5-2-3-7-6(4-5)8(15)16-9(14-7)10(11,12)13/h2-4H,1H3. The third-order valence-corrected chi connectivity index (χ3v) is 2.80. The Morgan fingerprint density at radius 1 is 1.35 bits per heavy atom. The molecule has 0 aliphatic heterocycles. The van der Waals surface area contributed by atoms with E-state index in [4.69, 9.17) is 0 Å². The molecule has 0 amide bonds. The van der Waals surface area contributed by atoms with Gasteiger partial charge in [0.05, 0.1) is 10.9 Å². The van der Waals surface area contributed by atoms with E-state index in [-0.39, 0.29) is 10.9 Å². The number of hydrogen-bond acceptors (Lipinski definition) is 4. The van der Waals surface area contributed by atoms with Gasteiger partial charge < -0.3 is 4.42 Å². The van der Waals surface area contributed by atoms with Crippen LogP contribution in [-0.2, 0) is 6.18 Å². The molecule has 2 rings (SSSR count). The Morgan fingerprint density at radius 3 is 2.65 bits per heavy atom. The molecule has 0 atom stereocenters. The lowest BCUT2D eigenvalue weighted by Crippen LogP contribution is -2.13. The molecular formula is C10H6F3NO2S. The van der Waals surface area contributed by atoms with E-state index in [1.807, 2.05) is 0 Å². The van der Waals surface area contributed by atoms with Gasteiger partial charge in [-0.15, -0.1) is 11.8 Å². The van der Waals surface area contributed by atoms with E-state index < -0.39 is 17.7 Å². The molecule has 0 fully saturated rings. The number of fused-ring (bicyclic) bond motifs is 1. The molecule has 0 N–H and O–H groups in total. The summed E-state index contributed by atoms with van der Waals surface area (Å²) in [6.07, 6.45) is -2.97. The zero-order valence-electron chi connectivity index (χ0n) is 8.54. The number of benzene rings is 1. The fourth-order valence-corrected chi connectivity index (χ4v) is 1.74. The van der Waals surface area contributed by atoms with Gasteiger partial charge in [0.2, 0.25) is 0 Å². The van der Waals surface area contributed by atoms with Crippen molar-refractivity contribution in [1.82, 2.24) is 4.98 Å². The summed E-state index contributed by atoms with van der Waals surface area (Å²) in [5, 5.41) is 0.0462. The van der Waals surface area contributed by atoms with Gasteiger partial charge in [0.1, 0.15) is 0 Å². The number of halogens is 3. The highest BCUT2D eigenvalue weighted by atomic mass is 32.2. The molecular weight excluding hydrogens is 255 g/mol. The lowest BCUT2D eigenvalue weighted by atomic mass is 10.2. The van der Waals surface area contributed by atoms with Crippen LogP contribution in [0, 0.1) is 0 Å². The lowest BCUT2D eigenvalue weighted by molar-refractivity contribution is -0.158. The molecule has 0 unspecified atom stereocenters. The van der Waals surface area contributed by atoms with Crippen molar-refractivity contribution in [1.29, 1.82) is 0 Å². The summed E-state index contributed by atoms with van der Waals surface area (Å²) in [5.74, 6) is -1.52. The van der Waals surface area contributed by atoms with Crippen LogP contribution in [0.1, 0.15) is 5.89 Å². The number of rotatable bonds is 1. The highest BCUT2D eigenvalue weighted by Gasteiger charge is 2.37. The van der Waals surface area contributed by atoms with Crippen molar-refractivity contribution in [3.05, 3.63) is 34.5 Å². The number of thioether (sulfide) groups is 1. The molecule has 0 radical (unpaired) electrons. The molecule has 1 aromatic carbocycles. The second-order valence-electron chi connectivity index (χ2n) is 3.19. The van der Waals surface area contributed by atoms with Crippen molar-refractivity contribution in [2.75, 3.05) is 6.26 Å². The number of alkyl halides is 3. The summed E-state index contributed by atoms with van der Waals surface area (Å²) >= 11 is 1.37. The number of nitrogens with zero attached hydrogens (tertiary/aromatic N) is 1. The topological polar surface area (TPSA) is 43.1 Å². The summed E-state index contributed by atoms with van der Waals surface area (Å²) < 4.78 is 41.2. The van der Waals surface area contributed by atoms with Crippen molar-refractivity contribution in [3.63, 3.8) is 0 Å². The van der Waals surface area contributed by atoms with Crippen LogP contribution >= 0.6 is 11.8 Å².